The predicted molar refractivity (Wildman–Crippen MR) is 86.6 cm³/mol. The third-order valence-corrected chi connectivity index (χ3v) is 3.19. The fourth-order valence-electron chi connectivity index (χ4n) is 1.99. The SMILES string of the molecule is CCCCCNc1ccc(C(=O)Nc2cccc(F)c2)cn1. The van der Waals surface area contributed by atoms with Crippen molar-refractivity contribution in [1.29, 1.82) is 0 Å². The fraction of sp³-hybridized carbons (Fsp3) is 0.294. The topological polar surface area (TPSA) is 54.0 Å². The Morgan fingerprint density at radius 3 is 2.77 bits per heavy atom. The number of anilines is 2. The Kier molecular flexibility index (Phi) is 5.89. The summed E-state index contributed by atoms with van der Waals surface area (Å²) >= 11 is 0. The summed E-state index contributed by atoms with van der Waals surface area (Å²) in [5.41, 5.74) is 0.857. The lowest BCUT2D eigenvalue weighted by Crippen LogP contribution is -2.12. The molecule has 0 saturated heterocycles. The molecule has 0 atom stereocenters. The van der Waals surface area contributed by atoms with Gasteiger partial charge >= 0.3 is 0 Å². The summed E-state index contributed by atoms with van der Waals surface area (Å²) in [4.78, 5) is 16.3. The Hall–Kier alpha value is -2.43. The molecule has 1 amide bonds. The summed E-state index contributed by atoms with van der Waals surface area (Å²) in [6.07, 6.45) is 4.96. The maximum Gasteiger partial charge on any atom is 0.257 e. The highest BCUT2D eigenvalue weighted by Gasteiger charge is 2.07. The molecule has 22 heavy (non-hydrogen) atoms. The van der Waals surface area contributed by atoms with Gasteiger partial charge in [-0.3, -0.25) is 4.79 Å². The molecule has 2 N–H and O–H groups in total. The van der Waals surface area contributed by atoms with Crippen molar-refractivity contribution in [2.24, 2.45) is 0 Å². The van der Waals surface area contributed by atoms with Crippen molar-refractivity contribution >= 4 is 17.4 Å². The molecule has 5 heteroatoms. The van der Waals surface area contributed by atoms with Crippen LogP contribution in [0.5, 0.6) is 0 Å². The van der Waals surface area contributed by atoms with Gasteiger partial charge in [0.25, 0.3) is 5.91 Å². The number of aromatic nitrogens is 1. The molecule has 0 aliphatic heterocycles. The molecule has 0 aliphatic rings. The Morgan fingerprint density at radius 1 is 1.23 bits per heavy atom. The van der Waals surface area contributed by atoms with Gasteiger partial charge in [0.2, 0.25) is 0 Å². The van der Waals surface area contributed by atoms with Gasteiger partial charge in [-0.1, -0.05) is 25.8 Å². The number of nitrogens with one attached hydrogen (secondary N) is 2. The molecule has 4 nitrogen and oxygen atoms in total. The van der Waals surface area contributed by atoms with Crippen LogP contribution in [0.2, 0.25) is 0 Å². The van der Waals surface area contributed by atoms with Crippen LogP contribution in [-0.2, 0) is 0 Å². The van der Waals surface area contributed by atoms with Crippen LogP contribution in [0.1, 0.15) is 36.5 Å². The van der Waals surface area contributed by atoms with Crippen LogP contribution in [0, 0.1) is 5.82 Å². The van der Waals surface area contributed by atoms with Gasteiger partial charge in [-0.15, -0.1) is 0 Å². The molecule has 1 aromatic heterocycles. The number of benzene rings is 1. The Bertz CT molecular complexity index is 614. The van der Waals surface area contributed by atoms with Crippen molar-refractivity contribution in [3.05, 3.63) is 54.0 Å². The minimum Gasteiger partial charge on any atom is -0.370 e. The quantitative estimate of drug-likeness (QED) is 0.758. The predicted octanol–water partition coefficient (Wildman–Crippen LogP) is 4.08. The van der Waals surface area contributed by atoms with E-state index in [1.807, 2.05) is 0 Å². The zero-order valence-electron chi connectivity index (χ0n) is 12.6. The van der Waals surface area contributed by atoms with Crippen molar-refractivity contribution in [1.82, 2.24) is 4.98 Å². The first-order valence-corrected chi connectivity index (χ1v) is 7.46. The second-order valence-corrected chi connectivity index (χ2v) is 5.03. The molecular formula is C17H20FN3O. The van der Waals surface area contributed by atoms with Crippen molar-refractivity contribution in [3.63, 3.8) is 0 Å². The van der Waals surface area contributed by atoms with E-state index in [1.54, 1.807) is 24.3 Å². The van der Waals surface area contributed by atoms with E-state index in [4.69, 9.17) is 0 Å². The van der Waals surface area contributed by atoms with E-state index >= 15 is 0 Å². The van der Waals surface area contributed by atoms with E-state index in [0.29, 0.717) is 11.3 Å². The lowest BCUT2D eigenvalue weighted by atomic mass is 10.2. The molecule has 0 bridgehead atoms. The van der Waals surface area contributed by atoms with E-state index in [-0.39, 0.29) is 11.7 Å². The fourth-order valence-corrected chi connectivity index (χ4v) is 1.99. The normalized spacial score (nSPS) is 10.3. The summed E-state index contributed by atoms with van der Waals surface area (Å²) in [5, 5.41) is 5.85. The number of hydrogen-bond acceptors (Lipinski definition) is 3. The van der Waals surface area contributed by atoms with Gasteiger partial charge < -0.3 is 10.6 Å². The first-order chi connectivity index (χ1) is 10.7. The largest absolute Gasteiger partial charge is 0.370 e. The molecule has 1 heterocycles. The molecule has 2 rings (SSSR count). The highest BCUT2D eigenvalue weighted by atomic mass is 19.1. The van der Waals surface area contributed by atoms with Gasteiger partial charge in [0.15, 0.2) is 0 Å². The number of carbonyl (C=O) groups is 1. The van der Waals surface area contributed by atoms with Crippen molar-refractivity contribution in [2.45, 2.75) is 26.2 Å². The highest BCUT2D eigenvalue weighted by molar-refractivity contribution is 6.04. The summed E-state index contributed by atoms with van der Waals surface area (Å²) < 4.78 is 13.1. The van der Waals surface area contributed by atoms with Crippen LogP contribution in [0.25, 0.3) is 0 Å². The standard InChI is InChI=1S/C17H20FN3O/c1-2-3-4-10-19-16-9-8-13(12-20-16)17(22)21-15-7-5-6-14(18)11-15/h5-9,11-12H,2-4,10H2,1H3,(H,19,20)(H,21,22). The molecule has 116 valence electrons. The number of unbranched alkanes of at least 4 members (excludes halogenated alkanes) is 2. The van der Waals surface area contributed by atoms with Gasteiger partial charge in [0.05, 0.1) is 5.56 Å². The van der Waals surface area contributed by atoms with Crippen LogP contribution < -0.4 is 10.6 Å². The minimum absolute atomic E-state index is 0.310. The number of amides is 1. The number of hydrogen-bond donors (Lipinski definition) is 2. The highest BCUT2D eigenvalue weighted by Crippen LogP contribution is 2.12. The third-order valence-electron chi connectivity index (χ3n) is 3.19. The van der Waals surface area contributed by atoms with Gasteiger partial charge in [-0.2, -0.15) is 0 Å². The summed E-state index contributed by atoms with van der Waals surface area (Å²) in [7, 11) is 0. The Labute approximate surface area is 129 Å². The zero-order chi connectivity index (χ0) is 15.8. The molecule has 0 radical (unpaired) electrons. The minimum atomic E-state index is -0.387. The lowest BCUT2D eigenvalue weighted by Gasteiger charge is -2.07. The van der Waals surface area contributed by atoms with E-state index in [2.05, 4.69) is 22.5 Å². The first kappa shape index (κ1) is 15.9. The van der Waals surface area contributed by atoms with E-state index in [9.17, 15) is 9.18 Å². The number of carbonyl (C=O) groups excluding carboxylic acids is 1. The third kappa shape index (κ3) is 4.84. The van der Waals surface area contributed by atoms with Gasteiger partial charge in [-0.25, -0.2) is 9.37 Å². The smallest absolute Gasteiger partial charge is 0.257 e. The maximum absolute atomic E-state index is 13.1. The van der Waals surface area contributed by atoms with Crippen molar-refractivity contribution < 1.29 is 9.18 Å². The van der Waals surface area contributed by atoms with Crippen molar-refractivity contribution in [2.75, 3.05) is 17.2 Å². The second kappa shape index (κ2) is 8.12. The zero-order valence-corrected chi connectivity index (χ0v) is 12.6. The summed E-state index contributed by atoms with van der Waals surface area (Å²) in [6.45, 7) is 3.03. The summed E-state index contributed by atoms with van der Waals surface area (Å²) in [6, 6.07) is 9.26. The lowest BCUT2D eigenvalue weighted by molar-refractivity contribution is 0.102. The molecule has 2 aromatic rings. The van der Waals surface area contributed by atoms with Gasteiger partial charge in [0, 0.05) is 18.4 Å². The maximum atomic E-state index is 13.1. The second-order valence-electron chi connectivity index (χ2n) is 5.03. The van der Waals surface area contributed by atoms with E-state index < -0.39 is 0 Å². The molecule has 0 spiro atoms. The molecule has 0 unspecified atom stereocenters. The van der Waals surface area contributed by atoms with Crippen LogP contribution >= 0.6 is 0 Å². The van der Waals surface area contributed by atoms with Crippen molar-refractivity contribution in [3.8, 4) is 0 Å². The summed E-state index contributed by atoms with van der Waals surface area (Å²) in [5.74, 6) is 0.0524. The molecule has 0 saturated carbocycles. The average molecular weight is 301 g/mol. The number of pyridine rings is 1. The van der Waals surface area contributed by atoms with Crippen LogP contribution in [0.4, 0.5) is 15.9 Å². The number of halogens is 1. The average Bonchev–Trinajstić information content (AvgIpc) is 2.52. The van der Waals surface area contributed by atoms with Crippen LogP contribution in [-0.4, -0.2) is 17.4 Å². The molecular weight excluding hydrogens is 281 g/mol. The van der Waals surface area contributed by atoms with Crippen LogP contribution in [0.3, 0.4) is 0 Å². The van der Waals surface area contributed by atoms with Gasteiger partial charge in [-0.05, 0) is 36.8 Å². The first-order valence-electron chi connectivity index (χ1n) is 7.46. The Balaban J connectivity index is 1.90. The van der Waals surface area contributed by atoms with E-state index in [0.717, 1.165) is 18.8 Å². The molecule has 1 aromatic carbocycles. The number of rotatable bonds is 7. The molecule has 0 fully saturated rings. The van der Waals surface area contributed by atoms with Crippen LogP contribution in [0.15, 0.2) is 42.6 Å². The number of nitrogens with zero attached hydrogens (tertiary/aromatic N) is 1. The molecule has 0 aliphatic carbocycles. The monoisotopic (exact) mass is 301 g/mol. The Morgan fingerprint density at radius 2 is 2.09 bits per heavy atom. The van der Waals surface area contributed by atoms with Gasteiger partial charge in [0.1, 0.15) is 11.6 Å². The van der Waals surface area contributed by atoms with E-state index in [1.165, 1.54) is 31.2 Å².